The van der Waals surface area contributed by atoms with Gasteiger partial charge in [0, 0.05) is 53.2 Å². The van der Waals surface area contributed by atoms with Gasteiger partial charge in [0.25, 0.3) is 0 Å². The van der Waals surface area contributed by atoms with Crippen LogP contribution in [0.25, 0.3) is 83.5 Å². The predicted molar refractivity (Wildman–Crippen MR) is 173 cm³/mol. The zero-order valence-corrected chi connectivity index (χ0v) is 31.3. The molecule has 0 saturated heterocycles. The third-order valence-electron chi connectivity index (χ3n) is 8.21. The van der Waals surface area contributed by atoms with E-state index >= 15 is 0 Å². The molecule has 0 amide bonds. The summed E-state index contributed by atoms with van der Waals surface area (Å²) in [5, 5.41) is 3.48. The molecule has 0 aliphatic heterocycles. The molecule has 8 heterocycles. The fraction of sp³-hybridized carbons (Fsp3) is 0.111. The van der Waals surface area contributed by atoms with Crippen LogP contribution in [0.2, 0.25) is 0 Å². The van der Waals surface area contributed by atoms with Gasteiger partial charge >= 0.3 is 21.1 Å². The van der Waals surface area contributed by atoms with E-state index in [1.54, 1.807) is 42.1 Å². The quantitative estimate of drug-likeness (QED) is 0.153. The van der Waals surface area contributed by atoms with Gasteiger partial charge in [-0.3, -0.25) is 0 Å². The number of benzene rings is 2. The third kappa shape index (κ3) is 5.49. The average Bonchev–Trinajstić information content (AvgIpc) is 3.91. The van der Waals surface area contributed by atoms with Gasteiger partial charge in [0.2, 0.25) is 5.69 Å². The molecule has 0 aliphatic rings. The fourth-order valence-electron chi connectivity index (χ4n) is 5.84. The molecule has 0 aliphatic carbocycles. The van der Waals surface area contributed by atoms with Crippen LogP contribution in [0.3, 0.4) is 0 Å². The van der Waals surface area contributed by atoms with Gasteiger partial charge in [0.1, 0.15) is 6.26 Å². The Morgan fingerprint density at radius 3 is 1.92 bits per heavy atom. The SMILES string of the molecule is Cn1[c-]nc(-c2coc3cc4occ(-[n+]5[c-]ccn5C)c4[c-]c23)c1.Cn1cnc(-c2coc3cc4occ(-c5n[c-]cn5C)c4[c-]c23)c1.[Pt+2].[Pt]. The molecule has 8 aromatic heterocycles. The van der Waals surface area contributed by atoms with Crippen LogP contribution >= 0.6 is 0 Å². The Labute approximate surface area is 313 Å². The first-order valence-corrected chi connectivity index (χ1v) is 14.9. The Morgan fingerprint density at radius 2 is 1.34 bits per heavy atom. The summed E-state index contributed by atoms with van der Waals surface area (Å²) >= 11 is 0. The van der Waals surface area contributed by atoms with E-state index in [4.69, 9.17) is 17.7 Å². The maximum absolute atomic E-state index is 5.68. The molecule has 2 aromatic carbocycles. The number of hydrogen-bond acceptors (Lipinski definition) is 7. The number of nitrogens with zero attached hydrogens (tertiary/aromatic N) is 8. The summed E-state index contributed by atoms with van der Waals surface area (Å²) < 4.78 is 32.1. The zero-order valence-electron chi connectivity index (χ0n) is 26.8. The van der Waals surface area contributed by atoms with E-state index in [9.17, 15) is 0 Å². The smallest absolute Gasteiger partial charge is 0.508 e. The molecule has 0 bridgehead atoms. The number of hydrogen-bond donors (Lipinski definition) is 0. The largest absolute Gasteiger partial charge is 2.00 e. The summed E-state index contributed by atoms with van der Waals surface area (Å²) in [6, 6.07) is 12.5. The van der Waals surface area contributed by atoms with Crippen molar-refractivity contribution in [1.82, 2.24) is 33.3 Å². The normalized spacial score (nSPS) is 11.3. The average molecular weight is 1020 g/mol. The number of rotatable bonds is 4. The molecule has 0 N–H and O–H groups in total. The van der Waals surface area contributed by atoms with Gasteiger partial charge in [-0.15, -0.1) is 24.5 Å². The summed E-state index contributed by atoms with van der Waals surface area (Å²) in [5.74, 6) is 0.784. The van der Waals surface area contributed by atoms with E-state index in [-0.39, 0.29) is 42.1 Å². The molecule has 0 atom stereocenters. The van der Waals surface area contributed by atoms with Crippen molar-refractivity contribution in [2.24, 2.45) is 28.2 Å². The van der Waals surface area contributed by atoms with E-state index in [0.717, 1.165) is 66.7 Å². The molecule has 0 unspecified atom stereocenters. The van der Waals surface area contributed by atoms with Crippen LogP contribution in [0.5, 0.6) is 0 Å². The van der Waals surface area contributed by atoms with Gasteiger partial charge in [-0.05, 0) is 43.4 Å². The minimum atomic E-state index is 0. The van der Waals surface area contributed by atoms with Crippen LogP contribution in [-0.4, -0.2) is 33.3 Å². The van der Waals surface area contributed by atoms with Gasteiger partial charge < -0.3 is 41.3 Å². The minimum absolute atomic E-state index is 0. The van der Waals surface area contributed by atoms with Crippen LogP contribution < -0.4 is 4.68 Å². The molecule has 0 saturated carbocycles. The monoisotopic (exact) mass is 1020 g/mol. The van der Waals surface area contributed by atoms with Crippen molar-refractivity contribution in [3.63, 3.8) is 0 Å². The minimum Gasteiger partial charge on any atom is -0.508 e. The summed E-state index contributed by atoms with van der Waals surface area (Å²) in [6.07, 6.45) is 25.0. The second-order valence-electron chi connectivity index (χ2n) is 11.5. The molecule has 12 nitrogen and oxygen atoms in total. The Morgan fingerprint density at radius 1 is 0.720 bits per heavy atom. The number of fused-ring (bicyclic) bond motifs is 4. The van der Waals surface area contributed by atoms with Crippen LogP contribution in [0.4, 0.5) is 0 Å². The fourth-order valence-corrected chi connectivity index (χ4v) is 5.84. The van der Waals surface area contributed by atoms with Gasteiger partial charge in [-0.2, -0.15) is 4.68 Å². The van der Waals surface area contributed by atoms with Crippen molar-refractivity contribution < 1.29 is 64.5 Å². The third-order valence-corrected chi connectivity index (χ3v) is 8.21. The van der Waals surface area contributed by atoms with Crippen LogP contribution in [0.15, 0.2) is 92.0 Å². The Hall–Kier alpha value is -5.18. The second-order valence-corrected chi connectivity index (χ2v) is 11.5. The molecule has 10 rings (SSSR count). The molecule has 10 aromatic rings. The summed E-state index contributed by atoms with van der Waals surface area (Å²) in [4.78, 5) is 13.0. The maximum Gasteiger partial charge on any atom is 2.00 e. The van der Waals surface area contributed by atoms with Gasteiger partial charge in [-0.1, -0.05) is 51.1 Å². The Bertz CT molecular complexity index is 2580. The van der Waals surface area contributed by atoms with E-state index in [1.807, 2.05) is 83.5 Å². The number of furan rings is 4. The van der Waals surface area contributed by atoms with Crippen LogP contribution in [0.1, 0.15) is 0 Å². The van der Waals surface area contributed by atoms with Gasteiger partial charge in [0.15, 0.2) is 6.20 Å². The Balaban J connectivity index is 0.000000151. The standard InChI is InChI=1S/2C18H12N4O2.2Pt/c1-21-7-15(20-10-21)13-8-23-16-6-17-12(5-11(13)16)14(9-24-17)18-19-3-4-22(18)2;1-20-8-15(19-11-20)14-9-23-17-7-18-13(6-12(14)17)16(10-24-18)22-5-3-4-21(22)2;;/h4,6-10H,1-2H3;3-4,7-10H,1-2H3;;/q2*-2;;+2. The molecule has 0 spiro atoms. The number of aromatic nitrogens is 8. The van der Waals surface area contributed by atoms with Gasteiger partial charge in [0.05, 0.1) is 47.7 Å². The van der Waals surface area contributed by atoms with Gasteiger partial charge in [-0.25, -0.2) is 9.67 Å². The Kier molecular flexibility index (Phi) is 8.62. The van der Waals surface area contributed by atoms with E-state index < -0.39 is 0 Å². The van der Waals surface area contributed by atoms with Crippen LogP contribution in [0, 0.1) is 30.9 Å². The first-order valence-electron chi connectivity index (χ1n) is 14.9. The molecule has 254 valence electrons. The molecule has 0 radical (unpaired) electrons. The predicted octanol–water partition coefficient (Wildman–Crippen LogP) is 6.17. The summed E-state index contributed by atoms with van der Waals surface area (Å²) in [6.45, 7) is 0. The molecule has 0 fully saturated rings. The van der Waals surface area contributed by atoms with E-state index in [0.29, 0.717) is 16.7 Å². The van der Waals surface area contributed by atoms with Crippen molar-refractivity contribution in [2.45, 2.75) is 0 Å². The zero-order chi connectivity index (χ0) is 32.5. The molecule has 50 heavy (non-hydrogen) atoms. The van der Waals surface area contributed by atoms with Crippen molar-refractivity contribution >= 4 is 43.9 Å². The topological polar surface area (TPSA) is 115 Å². The molecule has 14 heteroatoms. The van der Waals surface area contributed by atoms with Crippen LogP contribution in [-0.2, 0) is 70.3 Å². The summed E-state index contributed by atoms with van der Waals surface area (Å²) in [7, 11) is 7.69. The molecular weight excluding hydrogens is 999 g/mol. The second kappa shape index (κ2) is 12.9. The van der Waals surface area contributed by atoms with Crippen molar-refractivity contribution in [3.05, 3.63) is 105 Å². The van der Waals surface area contributed by atoms with Crippen molar-refractivity contribution in [1.29, 1.82) is 0 Å². The first-order chi connectivity index (χ1) is 23.4. The van der Waals surface area contributed by atoms with Crippen molar-refractivity contribution in [3.8, 4) is 39.6 Å². The van der Waals surface area contributed by atoms with E-state index in [2.05, 4.69) is 45.8 Å². The molecular formula is C36H24N8O4Pt2-2. The number of aryl methyl sites for hydroxylation is 4. The van der Waals surface area contributed by atoms with E-state index in [1.165, 1.54) is 0 Å². The maximum atomic E-state index is 5.68. The summed E-state index contributed by atoms with van der Waals surface area (Å²) in [5.41, 5.74) is 8.05. The number of imidazole rings is 3. The first kappa shape index (κ1) is 33.3. The van der Waals surface area contributed by atoms with Crippen molar-refractivity contribution in [2.75, 3.05) is 0 Å².